The van der Waals surface area contributed by atoms with Crippen LogP contribution in [0.3, 0.4) is 0 Å². The first-order valence-electron chi connectivity index (χ1n) is 9.77. The summed E-state index contributed by atoms with van der Waals surface area (Å²) in [5.41, 5.74) is -0.423. The van der Waals surface area contributed by atoms with E-state index < -0.39 is 58.4 Å². The Morgan fingerprint density at radius 1 is 1.35 bits per heavy atom. The predicted molar refractivity (Wildman–Crippen MR) is 129 cm³/mol. The largest absolute Gasteiger partial charge is 1.00 e. The Bertz CT molecular complexity index is 1290. The number of esters is 1. The van der Waals surface area contributed by atoms with E-state index >= 15 is 0 Å². The van der Waals surface area contributed by atoms with Gasteiger partial charge >= 0.3 is 45.8 Å². The number of β-lactam (4-membered cyclic amide) rings is 1. The SMILES string of the molecule is CO/N=C(\C(=O)NC1C(=O)N(S(=O)(=O)O)C1COC(=O)Cc1cccs1)c1csc(NC(=O)CCl)n1.[H-].[Na+]. The zero-order chi connectivity index (χ0) is 26.5. The first-order chi connectivity index (χ1) is 17.0. The van der Waals surface area contributed by atoms with Gasteiger partial charge in [0.2, 0.25) is 5.91 Å². The van der Waals surface area contributed by atoms with Crippen molar-refractivity contribution < 1.29 is 72.7 Å². The summed E-state index contributed by atoms with van der Waals surface area (Å²) in [7, 11) is -3.84. The number of rotatable bonds is 11. The molecule has 0 radical (unpaired) electrons. The zero-order valence-corrected chi connectivity index (χ0v) is 24.4. The summed E-state index contributed by atoms with van der Waals surface area (Å²) in [4.78, 5) is 58.2. The van der Waals surface area contributed by atoms with E-state index in [0.717, 1.165) is 18.4 Å². The molecule has 0 aliphatic carbocycles. The summed E-state index contributed by atoms with van der Waals surface area (Å²) < 4.78 is 37.9. The summed E-state index contributed by atoms with van der Waals surface area (Å²) in [6.07, 6.45) is -0.0850. The molecule has 1 saturated heterocycles. The van der Waals surface area contributed by atoms with Crippen LogP contribution in [0, 0.1) is 0 Å². The number of aromatic nitrogens is 1. The molecule has 1 aliphatic rings. The normalized spacial score (nSPS) is 17.3. The van der Waals surface area contributed by atoms with Gasteiger partial charge in [0, 0.05) is 10.3 Å². The van der Waals surface area contributed by atoms with Gasteiger partial charge in [-0.25, -0.2) is 9.29 Å². The molecule has 19 heteroatoms. The van der Waals surface area contributed by atoms with Crippen LogP contribution in [0.25, 0.3) is 0 Å². The van der Waals surface area contributed by atoms with Gasteiger partial charge in [-0.1, -0.05) is 11.2 Å². The van der Waals surface area contributed by atoms with E-state index in [1.165, 1.54) is 16.7 Å². The van der Waals surface area contributed by atoms with Gasteiger partial charge in [0.15, 0.2) is 10.8 Å². The van der Waals surface area contributed by atoms with Gasteiger partial charge in [-0.15, -0.1) is 34.3 Å². The number of halogens is 1. The summed E-state index contributed by atoms with van der Waals surface area (Å²) in [5, 5.41) is 11.5. The number of amides is 3. The Morgan fingerprint density at radius 3 is 2.68 bits per heavy atom. The van der Waals surface area contributed by atoms with Gasteiger partial charge in [-0.2, -0.15) is 8.42 Å². The quantitative estimate of drug-likeness (QED) is 0.0457. The molecule has 3 N–H and O–H groups in total. The van der Waals surface area contributed by atoms with Gasteiger partial charge < -0.3 is 21.6 Å². The molecular formula is C18H19ClN5NaO9S3. The number of anilines is 1. The number of thiophene rings is 1. The maximum absolute atomic E-state index is 12.9. The fraction of sp³-hybridized carbons (Fsp3) is 0.333. The van der Waals surface area contributed by atoms with Crippen LogP contribution in [0.5, 0.6) is 0 Å². The maximum atomic E-state index is 12.9. The molecule has 2 atom stereocenters. The summed E-state index contributed by atoms with van der Waals surface area (Å²) >= 11 is 7.70. The van der Waals surface area contributed by atoms with Crippen molar-refractivity contribution in [3.63, 3.8) is 0 Å². The molecule has 2 aromatic heterocycles. The Hall–Kier alpha value is -2.12. The Labute approximate surface area is 247 Å². The maximum Gasteiger partial charge on any atom is 1.00 e. The van der Waals surface area contributed by atoms with Crippen LogP contribution in [-0.2, 0) is 45.5 Å². The molecular weight excluding hydrogens is 585 g/mol. The molecule has 1 aliphatic heterocycles. The van der Waals surface area contributed by atoms with Crippen molar-refractivity contribution in [3.05, 3.63) is 33.5 Å². The molecule has 3 heterocycles. The summed E-state index contributed by atoms with van der Waals surface area (Å²) in [6.45, 7) is -0.622. The molecule has 1 fully saturated rings. The monoisotopic (exact) mass is 603 g/mol. The van der Waals surface area contributed by atoms with Crippen LogP contribution in [0.4, 0.5) is 5.13 Å². The molecule has 3 amide bonds. The first-order valence-corrected chi connectivity index (χ1v) is 13.5. The van der Waals surface area contributed by atoms with Gasteiger partial charge in [0.05, 0.1) is 6.42 Å². The molecule has 2 unspecified atom stereocenters. The first kappa shape index (κ1) is 31.1. The van der Waals surface area contributed by atoms with Crippen LogP contribution < -0.4 is 40.2 Å². The van der Waals surface area contributed by atoms with E-state index in [9.17, 15) is 32.1 Å². The van der Waals surface area contributed by atoms with Crippen molar-refractivity contribution >= 4 is 79.1 Å². The third-order valence-electron chi connectivity index (χ3n) is 4.53. The topological polar surface area (TPSA) is 194 Å². The smallest absolute Gasteiger partial charge is 1.00 e. The number of alkyl halides is 1. The minimum absolute atomic E-state index is 0. The number of thiazole rings is 1. The molecule has 0 aromatic carbocycles. The molecule has 2 aromatic rings. The number of nitrogens with zero attached hydrogens (tertiary/aromatic N) is 3. The van der Waals surface area contributed by atoms with Gasteiger partial charge in [-0.3, -0.25) is 23.7 Å². The number of carbonyl (C=O) groups is 4. The Morgan fingerprint density at radius 2 is 2.08 bits per heavy atom. The van der Waals surface area contributed by atoms with E-state index in [1.807, 2.05) is 0 Å². The predicted octanol–water partition coefficient (Wildman–Crippen LogP) is -2.87. The van der Waals surface area contributed by atoms with Crippen molar-refractivity contribution in [1.29, 1.82) is 0 Å². The minimum Gasteiger partial charge on any atom is -1.00 e. The minimum atomic E-state index is -5.00. The van der Waals surface area contributed by atoms with E-state index in [4.69, 9.17) is 16.3 Å². The molecule has 0 spiro atoms. The standard InChI is InChI=1S/C18H18ClN5O9S3.Na.H/c1-32-23-14(10-8-35-18(20-10)21-12(25)6-19)16(27)22-15-11(24(17(15)28)36(29,30)31)7-33-13(26)5-9-3-2-4-34-9;;/h2-4,8,11,15H,5-7H2,1H3,(H,22,27)(H,20,21,25)(H,29,30,31);;/q;+1;-1/b23-14-;;. The molecule has 14 nitrogen and oxygen atoms in total. The van der Waals surface area contributed by atoms with E-state index in [1.54, 1.807) is 17.5 Å². The van der Waals surface area contributed by atoms with E-state index in [0.29, 0.717) is 4.88 Å². The fourth-order valence-electron chi connectivity index (χ4n) is 3.01. The molecule has 3 rings (SSSR count). The number of ether oxygens (including phenoxy) is 1. The second kappa shape index (κ2) is 13.6. The Balaban J connectivity index is 0.00000361. The van der Waals surface area contributed by atoms with Crippen molar-refractivity contribution in [2.24, 2.45) is 5.16 Å². The van der Waals surface area contributed by atoms with Gasteiger partial charge in [-0.05, 0) is 11.4 Å². The van der Waals surface area contributed by atoms with E-state index in [2.05, 4.69) is 25.6 Å². The van der Waals surface area contributed by atoms with Crippen molar-refractivity contribution in [1.82, 2.24) is 14.6 Å². The second-order valence-corrected chi connectivity index (χ2v) is 10.4. The third-order valence-corrected chi connectivity index (χ3v) is 7.36. The van der Waals surface area contributed by atoms with Crippen LogP contribution in [0.2, 0.25) is 0 Å². The van der Waals surface area contributed by atoms with Crippen molar-refractivity contribution in [2.45, 2.75) is 18.5 Å². The number of carbonyl (C=O) groups excluding carboxylic acids is 4. The molecule has 0 saturated carbocycles. The van der Waals surface area contributed by atoms with Gasteiger partial charge in [0.1, 0.15) is 37.4 Å². The van der Waals surface area contributed by atoms with Crippen molar-refractivity contribution in [3.8, 4) is 0 Å². The molecule has 196 valence electrons. The third kappa shape index (κ3) is 7.93. The fourth-order valence-corrected chi connectivity index (χ4v) is 5.34. The number of nitrogens with one attached hydrogen (secondary N) is 2. The average molecular weight is 604 g/mol. The zero-order valence-electron chi connectivity index (χ0n) is 20.2. The van der Waals surface area contributed by atoms with Crippen LogP contribution in [-0.4, -0.2) is 83.3 Å². The average Bonchev–Trinajstić information content (AvgIpc) is 3.49. The summed E-state index contributed by atoms with van der Waals surface area (Å²) in [6, 6.07) is 0.542. The number of oxime groups is 1. The molecule has 37 heavy (non-hydrogen) atoms. The Kier molecular flexibility index (Phi) is 11.4. The van der Waals surface area contributed by atoms with Gasteiger partial charge in [0.25, 0.3) is 11.8 Å². The van der Waals surface area contributed by atoms with Crippen LogP contribution in [0.1, 0.15) is 12.0 Å². The van der Waals surface area contributed by atoms with E-state index in [-0.39, 0.29) is 58.4 Å². The number of hydrogen-bond donors (Lipinski definition) is 3. The molecule has 0 bridgehead atoms. The second-order valence-electron chi connectivity index (χ2n) is 6.91. The number of hydrogen-bond acceptors (Lipinski definition) is 12. The van der Waals surface area contributed by atoms with Crippen molar-refractivity contribution in [2.75, 3.05) is 24.9 Å². The summed E-state index contributed by atoms with van der Waals surface area (Å²) in [5.74, 6) is -3.69. The van der Waals surface area contributed by atoms with Crippen LogP contribution >= 0.6 is 34.3 Å². The van der Waals surface area contributed by atoms with Crippen LogP contribution in [0.15, 0.2) is 28.0 Å².